The zero-order chi connectivity index (χ0) is 20.8. The fraction of sp³-hybridized carbons (Fsp3) is 0.217. The average Bonchev–Trinajstić information content (AvgIpc) is 2.80. The Morgan fingerprint density at radius 1 is 0.833 bits per heavy atom. The van der Waals surface area contributed by atoms with Gasteiger partial charge in [0.1, 0.15) is 0 Å². The molecule has 1 aliphatic heterocycles. The van der Waals surface area contributed by atoms with E-state index in [1.807, 2.05) is 35.2 Å². The monoisotopic (exact) mass is 401 g/mol. The SMILES string of the molecule is O=C(Cc1ccccc1)Nc1ccc(C(=O)N2CCN(c3ncccn3)CC2)cc1. The number of carbonyl (C=O) groups excluding carboxylic acids is 2. The predicted octanol–water partition coefficient (Wildman–Crippen LogP) is 2.62. The van der Waals surface area contributed by atoms with E-state index in [0.717, 1.165) is 5.56 Å². The van der Waals surface area contributed by atoms with Crippen molar-refractivity contribution in [2.75, 3.05) is 36.4 Å². The van der Waals surface area contributed by atoms with Crippen LogP contribution < -0.4 is 10.2 Å². The normalized spacial score (nSPS) is 13.7. The lowest BCUT2D eigenvalue weighted by Gasteiger charge is -2.34. The lowest BCUT2D eigenvalue weighted by molar-refractivity contribution is -0.115. The summed E-state index contributed by atoms with van der Waals surface area (Å²) in [7, 11) is 0. The molecule has 1 fully saturated rings. The number of amides is 2. The van der Waals surface area contributed by atoms with E-state index in [4.69, 9.17) is 0 Å². The summed E-state index contributed by atoms with van der Waals surface area (Å²) in [6, 6.07) is 18.4. The minimum absolute atomic E-state index is 0.00853. The van der Waals surface area contributed by atoms with Crippen molar-refractivity contribution >= 4 is 23.5 Å². The van der Waals surface area contributed by atoms with Crippen LogP contribution in [0.5, 0.6) is 0 Å². The van der Waals surface area contributed by atoms with Gasteiger partial charge < -0.3 is 15.1 Å². The standard InChI is InChI=1S/C23H23N5O2/c29-21(17-18-5-2-1-3-6-18)26-20-9-7-19(8-10-20)22(30)27-13-15-28(16-14-27)23-24-11-4-12-25-23/h1-12H,13-17H2,(H,26,29). The summed E-state index contributed by atoms with van der Waals surface area (Å²) in [5, 5.41) is 2.88. The van der Waals surface area contributed by atoms with Crippen LogP contribution in [0.1, 0.15) is 15.9 Å². The highest BCUT2D eigenvalue weighted by Gasteiger charge is 2.23. The summed E-state index contributed by atoms with van der Waals surface area (Å²) >= 11 is 0. The van der Waals surface area contributed by atoms with E-state index in [1.165, 1.54) is 0 Å². The molecule has 2 amide bonds. The molecule has 0 radical (unpaired) electrons. The number of aromatic nitrogens is 2. The Morgan fingerprint density at radius 3 is 2.17 bits per heavy atom. The van der Waals surface area contributed by atoms with Crippen LogP contribution in [-0.4, -0.2) is 52.9 Å². The van der Waals surface area contributed by atoms with Crippen LogP contribution in [0.3, 0.4) is 0 Å². The highest BCUT2D eigenvalue weighted by atomic mass is 16.2. The van der Waals surface area contributed by atoms with Gasteiger partial charge in [-0.2, -0.15) is 0 Å². The van der Waals surface area contributed by atoms with Gasteiger partial charge in [-0.3, -0.25) is 9.59 Å². The quantitative estimate of drug-likeness (QED) is 0.711. The van der Waals surface area contributed by atoms with E-state index in [0.29, 0.717) is 49.8 Å². The van der Waals surface area contributed by atoms with Crippen LogP contribution >= 0.6 is 0 Å². The van der Waals surface area contributed by atoms with Gasteiger partial charge in [0.2, 0.25) is 11.9 Å². The van der Waals surface area contributed by atoms with Crippen molar-refractivity contribution in [3.63, 3.8) is 0 Å². The number of hydrogen-bond acceptors (Lipinski definition) is 5. The summed E-state index contributed by atoms with van der Waals surface area (Å²) in [5.41, 5.74) is 2.25. The number of nitrogens with zero attached hydrogens (tertiary/aromatic N) is 4. The van der Waals surface area contributed by atoms with Gasteiger partial charge in [0, 0.05) is 49.8 Å². The molecule has 7 heteroatoms. The molecule has 0 aliphatic carbocycles. The molecule has 3 aromatic rings. The molecule has 0 saturated carbocycles. The van der Waals surface area contributed by atoms with Crippen LogP contribution in [0.15, 0.2) is 73.1 Å². The van der Waals surface area contributed by atoms with Crippen molar-refractivity contribution in [3.8, 4) is 0 Å². The second-order valence-electron chi connectivity index (χ2n) is 7.12. The number of benzene rings is 2. The molecule has 0 spiro atoms. The molecular weight excluding hydrogens is 378 g/mol. The first-order chi connectivity index (χ1) is 14.7. The Labute approximate surface area is 175 Å². The number of rotatable bonds is 5. The molecule has 1 saturated heterocycles. The number of piperazine rings is 1. The average molecular weight is 401 g/mol. The van der Waals surface area contributed by atoms with Crippen LogP contribution in [0.4, 0.5) is 11.6 Å². The summed E-state index contributed by atoms with van der Waals surface area (Å²) < 4.78 is 0. The Kier molecular flexibility index (Phi) is 5.98. The third kappa shape index (κ3) is 4.81. The molecule has 7 nitrogen and oxygen atoms in total. The molecule has 1 aliphatic rings. The molecule has 0 atom stereocenters. The fourth-order valence-electron chi connectivity index (χ4n) is 3.43. The summed E-state index contributed by atoms with van der Waals surface area (Å²) in [4.78, 5) is 37.4. The van der Waals surface area contributed by atoms with Gasteiger partial charge in [-0.1, -0.05) is 30.3 Å². The van der Waals surface area contributed by atoms with E-state index < -0.39 is 0 Å². The zero-order valence-corrected chi connectivity index (χ0v) is 16.6. The molecule has 1 aromatic heterocycles. The highest BCUT2D eigenvalue weighted by Crippen LogP contribution is 2.15. The Balaban J connectivity index is 1.30. The van der Waals surface area contributed by atoms with Gasteiger partial charge >= 0.3 is 0 Å². The van der Waals surface area contributed by atoms with Crippen molar-refractivity contribution in [2.45, 2.75) is 6.42 Å². The molecule has 2 aromatic carbocycles. The van der Waals surface area contributed by atoms with Crippen molar-refractivity contribution in [1.29, 1.82) is 0 Å². The van der Waals surface area contributed by atoms with Gasteiger partial charge in [0.15, 0.2) is 0 Å². The lowest BCUT2D eigenvalue weighted by Crippen LogP contribution is -2.49. The van der Waals surface area contributed by atoms with Gasteiger partial charge in [-0.15, -0.1) is 0 Å². The minimum atomic E-state index is -0.0838. The van der Waals surface area contributed by atoms with E-state index in [2.05, 4.69) is 20.2 Å². The highest BCUT2D eigenvalue weighted by molar-refractivity contribution is 5.96. The van der Waals surface area contributed by atoms with Gasteiger partial charge in [-0.25, -0.2) is 9.97 Å². The van der Waals surface area contributed by atoms with Gasteiger partial charge in [0.25, 0.3) is 5.91 Å². The van der Waals surface area contributed by atoms with E-state index >= 15 is 0 Å². The molecule has 2 heterocycles. The minimum Gasteiger partial charge on any atom is -0.337 e. The van der Waals surface area contributed by atoms with Crippen LogP contribution in [0.25, 0.3) is 0 Å². The number of carbonyl (C=O) groups is 2. The summed E-state index contributed by atoms with van der Waals surface area (Å²) in [5.74, 6) is 0.602. The Bertz CT molecular complexity index is 985. The van der Waals surface area contributed by atoms with E-state index in [-0.39, 0.29) is 11.8 Å². The Morgan fingerprint density at radius 2 is 1.50 bits per heavy atom. The fourth-order valence-corrected chi connectivity index (χ4v) is 3.43. The summed E-state index contributed by atoms with van der Waals surface area (Å²) in [6.07, 6.45) is 3.76. The third-order valence-corrected chi connectivity index (χ3v) is 5.02. The second-order valence-corrected chi connectivity index (χ2v) is 7.12. The van der Waals surface area contributed by atoms with Crippen molar-refractivity contribution in [3.05, 3.63) is 84.2 Å². The van der Waals surface area contributed by atoms with Crippen molar-refractivity contribution < 1.29 is 9.59 Å². The first kappa shape index (κ1) is 19.6. The maximum atomic E-state index is 12.8. The molecular formula is C23H23N5O2. The van der Waals surface area contributed by atoms with Gasteiger partial charge in [0.05, 0.1) is 6.42 Å². The maximum Gasteiger partial charge on any atom is 0.253 e. The van der Waals surface area contributed by atoms with Crippen LogP contribution in [0.2, 0.25) is 0 Å². The molecule has 4 rings (SSSR count). The van der Waals surface area contributed by atoms with E-state index in [1.54, 1.807) is 42.7 Å². The first-order valence-electron chi connectivity index (χ1n) is 9.94. The first-order valence-corrected chi connectivity index (χ1v) is 9.94. The van der Waals surface area contributed by atoms with Crippen LogP contribution in [-0.2, 0) is 11.2 Å². The topological polar surface area (TPSA) is 78.4 Å². The summed E-state index contributed by atoms with van der Waals surface area (Å²) in [6.45, 7) is 2.63. The molecule has 30 heavy (non-hydrogen) atoms. The Hall–Kier alpha value is -3.74. The number of hydrogen-bond donors (Lipinski definition) is 1. The number of nitrogens with one attached hydrogen (secondary N) is 1. The smallest absolute Gasteiger partial charge is 0.253 e. The van der Waals surface area contributed by atoms with Crippen molar-refractivity contribution in [1.82, 2.24) is 14.9 Å². The second kappa shape index (κ2) is 9.17. The zero-order valence-electron chi connectivity index (χ0n) is 16.6. The van der Waals surface area contributed by atoms with E-state index in [9.17, 15) is 9.59 Å². The van der Waals surface area contributed by atoms with Crippen LogP contribution in [0, 0.1) is 0 Å². The lowest BCUT2D eigenvalue weighted by atomic mass is 10.1. The molecule has 152 valence electrons. The molecule has 0 bridgehead atoms. The third-order valence-electron chi connectivity index (χ3n) is 5.02. The molecule has 1 N–H and O–H groups in total. The predicted molar refractivity (Wildman–Crippen MR) is 115 cm³/mol. The van der Waals surface area contributed by atoms with Crippen molar-refractivity contribution in [2.24, 2.45) is 0 Å². The molecule has 0 unspecified atom stereocenters. The largest absolute Gasteiger partial charge is 0.337 e. The maximum absolute atomic E-state index is 12.8. The number of anilines is 2. The van der Waals surface area contributed by atoms with Gasteiger partial charge in [-0.05, 0) is 35.9 Å².